The van der Waals surface area contributed by atoms with E-state index in [-0.39, 0.29) is 29.7 Å². The number of benzene rings is 1. The number of aliphatic hydroxyl groups excluding tert-OH is 1. The van der Waals surface area contributed by atoms with Crippen molar-refractivity contribution in [3.8, 4) is 0 Å². The SMILES string of the molecule is CC(CCO)CNS(=O)(=O)c1cc(Cl)ccc1N. The minimum Gasteiger partial charge on any atom is -0.398 e. The molecule has 5 nitrogen and oxygen atoms in total. The van der Waals surface area contributed by atoms with Crippen LogP contribution < -0.4 is 10.5 Å². The zero-order valence-corrected chi connectivity index (χ0v) is 11.6. The summed E-state index contributed by atoms with van der Waals surface area (Å²) in [6.07, 6.45) is 0.535. The molecular weight excluding hydrogens is 276 g/mol. The highest BCUT2D eigenvalue weighted by atomic mass is 35.5. The number of nitrogen functional groups attached to an aromatic ring is 1. The van der Waals surface area contributed by atoms with Crippen molar-refractivity contribution in [3.05, 3.63) is 23.2 Å². The Kier molecular flexibility index (Phi) is 5.40. The molecule has 0 aromatic heterocycles. The van der Waals surface area contributed by atoms with Crippen molar-refractivity contribution in [2.45, 2.75) is 18.2 Å². The molecule has 1 aromatic rings. The fourth-order valence-corrected chi connectivity index (χ4v) is 2.95. The maximum atomic E-state index is 12.0. The Hall–Kier alpha value is -0.820. The first-order valence-electron chi connectivity index (χ1n) is 5.52. The lowest BCUT2D eigenvalue weighted by Crippen LogP contribution is -2.29. The number of nitrogens with one attached hydrogen (secondary N) is 1. The first-order valence-corrected chi connectivity index (χ1v) is 7.38. The summed E-state index contributed by atoms with van der Waals surface area (Å²) in [7, 11) is -3.67. The molecule has 102 valence electrons. The van der Waals surface area contributed by atoms with Gasteiger partial charge in [0.2, 0.25) is 10.0 Å². The van der Waals surface area contributed by atoms with Gasteiger partial charge in [-0.2, -0.15) is 0 Å². The Morgan fingerprint density at radius 3 is 2.78 bits per heavy atom. The molecule has 0 aliphatic carbocycles. The van der Waals surface area contributed by atoms with Crippen LogP contribution in [0.1, 0.15) is 13.3 Å². The van der Waals surface area contributed by atoms with Crippen LogP contribution in [0, 0.1) is 5.92 Å². The Labute approximate surface area is 112 Å². The van der Waals surface area contributed by atoms with E-state index in [1.54, 1.807) is 0 Å². The third kappa shape index (κ3) is 4.13. The zero-order chi connectivity index (χ0) is 13.8. The summed E-state index contributed by atoms with van der Waals surface area (Å²) >= 11 is 5.75. The van der Waals surface area contributed by atoms with E-state index in [4.69, 9.17) is 22.4 Å². The summed E-state index contributed by atoms with van der Waals surface area (Å²) in [4.78, 5) is -0.0220. The van der Waals surface area contributed by atoms with Crippen LogP contribution in [0.15, 0.2) is 23.1 Å². The Balaban J connectivity index is 2.83. The van der Waals surface area contributed by atoms with Crippen molar-refractivity contribution in [1.29, 1.82) is 0 Å². The van der Waals surface area contributed by atoms with E-state index in [9.17, 15) is 8.42 Å². The average molecular weight is 293 g/mol. The van der Waals surface area contributed by atoms with Gasteiger partial charge >= 0.3 is 0 Å². The van der Waals surface area contributed by atoms with Crippen molar-refractivity contribution < 1.29 is 13.5 Å². The van der Waals surface area contributed by atoms with Gasteiger partial charge in [0.25, 0.3) is 0 Å². The topological polar surface area (TPSA) is 92.4 Å². The lowest BCUT2D eigenvalue weighted by molar-refractivity contribution is 0.263. The van der Waals surface area contributed by atoms with Gasteiger partial charge in [-0.05, 0) is 30.5 Å². The molecule has 0 spiro atoms. The van der Waals surface area contributed by atoms with Gasteiger partial charge in [-0.3, -0.25) is 0 Å². The molecule has 0 radical (unpaired) electrons. The molecule has 1 atom stereocenters. The normalized spacial score (nSPS) is 13.5. The second kappa shape index (κ2) is 6.38. The molecule has 18 heavy (non-hydrogen) atoms. The maximum absolute atomic E-state index is 12.0. The summed E-state index contributed by atoms with van der Waals surface area (Å²) in [5, 5.41) is 9.06. The van der Waals surface area contributed by atoms with Crippen LogP contribution in [0.3, 0.4) is 0 Å². The van der Waals surface area contributed by atoms with Crippen LogP contribution in [-0.2, 0) is 10.0 Å². The van der Waals surface area contributed by atoms with E-state index in [2.05, 4.69) is 4.72 Å². The van der Waals surface area contributed by atoms with Crippen molar-refractivity contribution in [2.75, 3.05) is 18.9 Å². The molecule has 0 saturated heterocycles. The number of rotatable bonds is 6. The van der Waals surface area contributed by atoms with Crippen molar-refractivity contribution in [1.82, 2.24) is 4.72 Å². The summed E-state index contributed by atoms with van der Waals surface area (Å²) in [5.74, 6) is 0.0465. The lowest BCUT2D eigenvalue weighted by Gasteiger charge is -2.13. The highest BCUT2D eigenvalue weighted by Crippen LogP contribution is 2.22. The van der Waals surface area contributed by atoms with E-state index >= 15 is 0 Å². The first-order chi connectivity index (χ1) is 8.36. The Bertz CT molecular complexity index is 505. The number of anilines is 1. The van der Waals surface area contributed by atoms with Gasteiger partial charge < -0.3 is 10.8 Å². The molecule has 4 N–H and O–H groups in total. The summed E-state index contributed by atoms with van der Waals surface area (Å²) in [6, 6.07) is 4.30. The van der Waals surface area contributed by atoms with Gasteiger partial charge in [0.05, 0.1) is 5.69 Å². The molecule has 0 bridgehead atoms. The van der Waals surface area contributed by atoms with Gasteiger partial charge in [-0.1, -0.05) is 18.5 Å². The Morgan fingerprint density at radius 2 is 2.17 bits per heavy atom. The predicted molar refractivity (Wildman–Crippen MR) is 71.9 cm³/mol. The molecule has 0 amide bonds. The second-order valence-corrected chi connectivity index (χ2v) is 6.32. The molecule has 1 aromatic carbocycles. The fraction of sp³-hybridized carbons (Fsp3) is 0.455. The zero-order valence-electron chi connectivity index (χ0n) is 10.1. The predicted octanol–water partition coefficient (Wildman–Crippen LogP) is 1.22. The quantitative estimate of drug-likeness (QED) is 0.687. The molecule has 0 saturated carbocycles. The van der Waals surface area contributed by atoms with E-state index in [1.807, 2.05) is 6.92 Å². The number of aliphatic hydroxyl groups is 1. The second-order valence-electron chi connectivity index (χ2n) is 4.15. The van der Waals surface area contributed by atoms with Crippen molar-refractivity contribution in [3.63, 3.8) is 0 Å². The van der Waals surface area contributed by atoms with Crippen LogP contribution in [0.4, 0.5) is 5.69 Å². The monoisotopic (exact) mass is 292 g/mol. The van der Waals surface area contributed by atoms with Crippen LogP contribution in [0.2, 0.25) is 5.02 Å². The fourth-order valence-electron chi connectivity index (χ4n) is 1.39. The highest BCUT2D eigenvalue weighted by Gasteiger charge is 2.18. The summed E-state index contributed by atoms with van der Waals surface area (Å²) < 4.78 is 26.5. The molecular formula is C11H17ClN2O3S. The van der Waals surface area contributed by atoms with Crippen LogP contribution in [0.25, 0.3) is 0 Å². The van der Waals surface area contributed by atoms with Crippen LogP contribution in [-0.4, -0.2) is 26.7 Å². The molecule has 0 heterocycles. The molecule has 1 unspecified atom stereocenters. The number of sulfonamides is 1. The van der Waals surface area contributed by atoms with E-state index in [0.29, 0.717) is 11.4 Å². The van der Waals surface area contributed by atoms with E-state index in [1.165, 1.54) is 18.2 Å². The standard InChI is InChI=1S/C11H17ClN2O3S/c1-8(4-5-15)7-14-18(16,17)11-6-9(12)2-3-10(11)13/h2-3,6,8,14-15H,4-5,7,13H2,1H3. The van der Waals surface area contributed by atoms with Crippen LogP contribution in [0.5, 0.6) is 0 Å². The van der Waals surface area contributed by atoms with Gasteiger partial charge in [-0.25, -0.2) is 13.1 Å². The van der Waals surface area contributed by atoms with E-state index in [0.717, 1.165) is 0 Å². The Morgan fingerprint density at radius 1 is 1.50 bits per heavy atom. The molecule has 0 fully saturated rings. The number of hydrogen-bond donors (Lipinski definition) is 3. The van der Waals surface area contributed by atoms with Crippen molar-refractivity contribution >= 4 is 27.3 Å². The maximum Gasteiger partial charge on any atom is 0.242 e. The largest absolute Gasteiger partial charge is 0.398 e. The van der Waals surface area contributed by atoms with Crippen molar-refractivity contribution in [2.24, 2.45) is 5.92 Å². The number of hydrogen-bond acceptors (Lipinski definition) is 4. The molecule has 1 rings (SSSR count). The summed E-state index contributed by atoms with van der Waals surface area (Å²) in [5.41, 5.74) is 5.78. The third-order valence-corrected chi connectivity index (χ3v) is 4.22. The minimum atomic E-state index is -3.67. The van der Waals surface area contributed by atoms with Gasteiger partial charge in [0.15, 0.2) is 0 Å². The first kappa shape index (κ1) is 15.2. The van der Waals surface area contributed by atoms with Gasteiger partial charge in [0, 0.05) is 18.2 Å². The summed E-state index contributed by atoms with van der Waals surface area (Å²) in [6.45, 7) is 2.12. The van der Waals surface area contributed by atoms with Gasteiger partial charge in [-0.15, -0.1) is 0 Å². The van der Waals surface area contributed by atoms with E-state index < -0.39 is 10.0 Å². The number of nitrogens with two attached hydrogens (primary N) is 1. The molecule has 0 aliphatic heterocycles. The van der Waals surface area contributed by atoms with Gasteiger partial charge in [0.1, 0.15) is 4.90 Å². The highest BCUT2D eigenvalue weighted by molar-refractivity contribution is 7.89. The number of halogens is 1. The minimum absolute atomic E-state index is 0.0220. The van der Waals surface area contributed by atoms with Crippen LogP contribution >= 0.6 is 11.6 Å². The smallest absolute Gasteiger partial charge is 0.242 e. The molecule has 7 heteroatoms. The third-order valence-electron chi connectivity index (χ3n) is 2.51. The molecule has 0 aliphatic rings. The average Bonchev–Trinajstić information content (AvgIpc) is 2.30. The lowest BCUT2D eigenvalue weighted by atomic mass is 10.1.